The summed E-state index contributed by atoms with van der Waals surface area (Å²) in [4.78, 5) is 24.3. The first-order valence-corrected chi connectivity index (χ1v) is 22.6. The second-order valence-corrected chi connectivity index (χ2v) is 14.4. The molecule has 0 rings (SSSR count). The van der Waals surface area contributed by atoms with Gasteiger partial charge in [-0.05, 0) is 103 Å². The van der Waals surface area contributed by atoms with Gasteiger partial charge in [0, 0.05) is 12.8 Å². The van der Waals surface area contributed by atoms with Gasteiger partial charge in [0.15, 0.2) is 6.10 Å². The van der Waals surface area contributed by atoms with Crippen molar-refractivity contribution in [3.63, 3.8) is 0 Å². The van der Waals surface area contributed by atoms with Crippen LogP contribution in [0.15, 0.2) is 122 Å². The monoisotopic (exact) mass is 787 g/mol. The van der Waals surface area contributed by atoms with Crippen molar-refractivity contribution in [2.45, 2.75) is 180 Å². The van der Waals surface area contributed by atoms with Gasteiger partial charge in [0.2, 0.25) is 0 Å². The summed E-state index contributed by atoms with van der Waals surface area (Å²) >= 11 is 0. The van der Waals surface area contributed by atoms with Crippen LogP contribution in [0.3, 0.4) is 0 Å². The summed E-state index contributed by atoms with van der Waals surface area (Å²) in [7, 11) is 0. The molecular formula is C52H82O5. The van der Waals surface area contributed by atoms with Crippen LogP contribution in [0.4, 0.5) is 0 Å². The molecule has 1 unspecified atom stereocenters. The fraction of sp³-hybridized carbons (Fsp3) is 0.577. The molecule has 1 N–H and O–H groups in total. The van der Waals surface area contributed by atoms with Crippen LogP contribution in [0.5, 0.6) is 0 Å². The second kappa shape index (κ2) is 46.7. The van der Waals surface area contributed by atoms with Crippen molar-refractivity contribution >= 4 is 11.9 Å². The van der Waals surface area contributed by atoms with Gasteiger partial charge in [0.1, 0.15) is 6.61 Å². The number of carbonyl (C=O) groups excluding carboxylic acids is 2. The highest BCUT2D eigenvalue weighted by Crippen LogP contribution is 2.11. The molecule has 0 bridgehead atoms. The fourth-order valence-corrected chi connectivity index (χ4v) is 5.61. The Labute approximate surface area is 350 Å². The van der Waals surface area contributed by atoms with Crippen LogP contribution >= 0.6 is 0 Å². The summed E-state index contributed by atoms with van der Waals surface area (Å²) < 4.78 is 10.6. The predicted molar refractivity (Wildman–Crippen MR) is 246 cm³/mol. The van der Waals surface area contributed by atoms with Crippen molar-refractivity contribution in [1.29, 1.82) is 0 Å². The van der Waals surface area contributed by atoms with Crippen molar-refractivity contribution in [1.82, 2.24) is 0 Å². The van der Waals surface area contributed by atoms with Gasteiger partial charge in [-0.3, -0.25) is 9.59 Å². The van der Waals surface area contributed by atoms with E-state index in [1.807, 2.05) is 0 Å². The van der Waals surface area contributed by atoms with Crippen molar-refractivity contribution in [2.24, 2.45) is 0 Å². The lowest BCUT2D eigenvalue weighted by Crippen LogP contribution is -2.28. The largest absolute Gasteiger partial charge is 0.462 e. The predicted octanol–water partition coefficient (Wildman–Crippen LogP) is 14.8. The summed E-state index contributed by atoms with van der Waals surface area (Å²) in [5.41, 5.74) is 0. The highest BCUT2D eigenvalue weighted by atomic mass is 16.6. The number of aliphatic hydroxyl groups is 1. The topological polar surface area (TPSA) is 72.8 Å². The van der Waals surface area contributed by atoms with Gasteiger partial charge < -0.3 is 14.6 Å². The molecule has 1 atom stereocenters. The number of esters is 2. The van der Waals surface area contributed by atoms with E-state index in [1.165, 1.54) is 51.4 Å². The first-order chi connectivity index (χ1) is 28.1. The molecule has 0 aromatic carbocycles. The van der Waals surface area contributed by atoms with E-state index in [1.54, 1.807) is 0 Å². The highest BCUT2D eigenvalue weighted by molar-refractivity contribution is 5.70. The molecule has 320 valence electrons. The van der Waals surface area contributed by atoms with Crippen LogP contribution in [0.1, 0.15) is 174 Å². The van der Waals surface area contributed by atoms with Gasteiger partial charge >= 0.3 is 11.9 Å². The van der Waals surface area contributed by atoms with Crippen LogP contribution < -0.4 is 0 Å². The molecule has 0 saturated heterocycles. The Bertz CT molecular complexity index is 1210. The molecule has 0 aliphatic heterocycles. The Kier molecular flexibility index (Phi) is 43.7. The van der Waals surface area contributed by atoms with Crippen molar-refractivity contribution < 1.29 is 24.2 Å². The molecule has 0 aliphatic rings. The van der Waals surface area contributed by atoms with Crippen molar-refractivity contribution in [3.05, 3.63) is 122 Å². The molecule has 5 heteroatoms. The van der Waals surface area contributed by atoms with E-state index in [9.17, 15) is 14.7 Å². The summed E-state index contributed by atoms with van der Waals surface area (Å²) in [5.74, 6) is -0.682. The van der Waals surface area contributed by atoms with E-state index in [-0.39, 0.29) is 31.6 Å². The van der Waals surface area contributed by atoms with Gasteiger partial charge in [-0.25, -0.2) is 0 Å². The first-order valence-electron chi connectivity index (χ1n) is 22.6. The maximum Gasteiger partial charge on any atom is 0.306 e. The Balaban J connectivity index is 3.74. The molecule has 0 amide bonds. The molecule has 5 nitrogen and oxygen atoms in total. The summed E-state index contributed by atoms with van der Waals surface area (Å²) in [6.45, 7) is 3.94. The fourth-order valence-electron chi connectivity index (χ4n) is 5.61. The lowest BCUT2D eigenvalue weighted by atomic mass is 10.1. The number of unbranched alkanes of at least 4 members (excludes halogenated alkanes) is 11. The third kappa shape index (κ3) is 44.9. The number of carbonyl (C=O) groups is 2. The highest BCUT2D eigenvalue weighted by Gasteiger charge is 2.15. The molecule has 0 spiro atoms. The van der Waals surface area contributed by atoms with Crippen LogP contribution in [0.25, 0.3) is 0 Å². The van der Waals surface area contributed by atoms with E-state index in [0.717, 1.165) is 89.9 Å². The number of rotatable bonds is 39. The molecule has 0 fully saturated rings. The standard InChI is InChI=1S/C52H82O5/c1-3-5-7-9-11-13-15-17-19-20-21-22-23-24-25-26-27-28-29-30-31-32-33-35-37-39-41-43-45-47-52(55)57-50(48-53)49-56-51(54)46-44-42-40-38-36-34-18-16-14-12-10-8-6-4-2/h5,7,11,13,16-19,21-22,24-25,27-28,30-31,33,35,39,41,50,53H,3-4,6,8-10,12,14-15,20,23,26,29,32,34,36-38,40,42-49H2,1-2H3/b7-5-,13-11-,18-16-,19-17-,22-21-,25-24-,28-27-,31-30-,35-33-,41-39-. The Hall–Kier alpha value is -3.70. The number of hydrogen-bond donors (Lipinski definition) is 1. The second-order valence-electron chi connectivity index (χ2n) is 14.4. The summed E-state index contributed by atoms with van der Waals surface area (Å²) in [5, 5.41) is 9.57. The minimum Gasteiger partial charge on any atom is -0.462 e. The number of ether oxygens (including phenoxy) is 2. The molecule has 0 aliphatic carbocycles. The number of allylic oxidation sites excluding steroid dienone is 20. The molecule has 0 radical (unpaired) electrons. The lowest BCUT2D eigenvalue weighted by Gasteiger charge is -2.15. The maximum atomic E-state index is 12.2. The zero-order valence-corrected chi connectivity index (χ0v) is 36.3. The van der Waals surface area contributed by atoms with Gasteiger partial charge in [0.05, 0.1) is 6.61 Å². The zero-order valence-electron chi connectivity index (χ0n) is 36.3. The van der Waals surface area contributed by atoms with E-state index in [4.69, 9.17) is 9.47 Å². The van der Waals surface area contributed by atoms with Crippen LogP contribution in [0, 0.1) is 0 Å². The number of aliphatic hydroxyl groups excluding tert-OH is 1. The normalized spacial score (nSPS) is 13.4. The van der Waals surface area contributed by atoms with Crippen molar-refractivity contribution in [3.8, 4) is 0 Å². The minimum absolute atomic E-state index is 0.101. The SMILES string of the molecule is CC/C=C\C/C=C\C/C=C\C/C=C\C/C=C\C/C=C\C/C=C\C/C=C\C/C=C\CCCC(=O)OC(CO)COC(=O)CCCCCCC/C=C\CCCCCCC. The average Bonchev–Trinajstić information content (AvgIpc) is 3.21. The third-order valence-electron chi connectivity index (χ3n) is 8.99. The maximum absolute atomic E-state index is 12.2. The van der Waals surface area contributed by atoms with Gasteiger partial charge in [-0.15, -0.1) is 0 Å². The van der Waals surface area contributed by atoms with Gasteiger partial charge in [-0.1, -0.05) is 180 Å². The molecule has 0 aromatic heterocycles. The van der Waals surface area contributed by atoms with E-state index in [2.05, 4.69) is 135 Å². The molecular weight excluding hydrogens is 705 g/mol. The van der Waals surface area contributed by atoms with E-state index < -0.39 is 6.10 Å². The Morgan fingerprint density at radius 3 is 1.21 bits per heavy atom. The number of hydrogen-bond acceptors (Lipinski definition) is 5. The quantitative estimate of drug-likeness (QED) is 0.0382. The summed E-state index contributed by atoms with van der Waals surface area (Å²) in [6.07, 6.45) is 68.5. The van der Waals surface area contributed by atoms with E-state index in [0.29, 0.717) is 12.8 Å². The van der Waals surface area contributed by atoms with Gasteiger partial charge in [-0.2, -0.15) is 0 Å². The summed E-state index contributed by atoms with van der Waals surface area (Å²) in [6, 6.07) is 0. The average molecular weight is 787 g/mol. The van der Waals surface area contributed by atoms with Crippen LogP contribution in [0.2, 0.25) is 0 Å². The van der Waals surface area contributed by atoms with Crippen LogP contribution in [-0.2, 0) is 19.1 Å². The molecule has 0 heterocycles. The molecule has 57 heavy (non-hydrogen) atoms. The first kappa shape index (κ1) is 53.3. The molecule has 0 aromatic rings. The third-order valence-corrected chi connectivity index (χ3v) is 8.99. The lowest BCUT2D eigenvalue weighted by molar-refractivity contribution is -0.161. The minimum atomic E-state index is -0.814. The van der Waals surface area contributed by atoms with Gasteiger partial charge in [0.25, 0.3) is 0 Å². The smallest absolute Gasteiger partial charge is 0.306 e. The zero-order chi connectivity index (χ0) is 41.4. The van der Waals surface area contributed by atoms with E-state index >= 15 is 0 Å². The molecule has 0 saturated carbocycles. The van der Waals surface area contributed by atoms with Crippen LogP contribution in [-0.4, -0.2) is 36.4 Å². The Morgan fingerprint density at radius 1 is 0.421 bits per heavy atom. The van der Waals surface area contributed by atoms with Crippen molar-refractivity contribution in [2.75, 3.05) is 13.2 Å². The Morgan fingerprint density at radius 2 is 0.772 bits per heavy atom.